The van der Waals surface area contributed by atoms with Crippen molar-refractivity contribution in [2.45, 2.75) is 0 Å². The summed E-state index contributed by atoms with van der Waals surface area (Å²) < 4.78 is 1.46. The zero-order chi connectivity index (χ0) is 16.3. The molecule has 2 aromatic rings. The van der Waals surface area contributed by atoms with Crippen LogP contribution in [0.2, 0.25) is 0 Å². The van der Waals surface area contributed by atoms with Crippen LogP contribution >= 0.6 is 0 Å². The molecule has 0 unspecified atom stereocenters. The molecule has 10 nitrogen and oxygen atoms in total. The molecular weight excluding hydrogens is 294 g/mol. The predicted octanol–water partition coefficient (Wildman–Crippen LogP) is 1.53. The molecule has 0 atom stereocenters. The lowest BCUT2D eigenvalue weighted by Crippen LogP contribution is -2.14. The molecule has 1 N–H and O–H groups in total. The molecule has 0 fully saturated rings. The van der Waals surface area contributed by atoms with E-state index in [2.05, 4.69) is 10.4 Å². The summed E-state index contributed by atoms with van der Waals surface area (Å²) in [6, 6.07) is 3.17. The normalized spacial score (nSPS) is 10.2. The second-order valence-corrected chi connectivity index (χ2v) is 4.40. The number of nitro groups is 2. The third-order valence-corrected chi connectivity index (χ3v) is 2.86. The lowest BCUT2D eigenvalue weighted by Gasteiger charge is -2.05. The van der Waals surface area contributed by atoms with Crippen LogP contribution in [0.15, 0.2) is 30.6 Å². The van der Waals surface area contributed by atoms with E-state index in [1.807, 2.05) is 0 Å². The van der Waals surface area contributed by atoms with E-state index in [-0.39, 0.29) is 18.0 Å². The number of rotatable bonds is 6. The highest BCUT2D eigenvalue weighted by atomic mass is 16.6. The Labute approximate surface area is 123 Å². The van der Waals surface area contributed by atoms with Gasteiger partial charge in [0.15, 0.2) is 5.78 Å². The molecule has 22 heavy (non-hydrogen) atoms. The third kappa shape index (κ3) is 3.23. The van der Waals surface area contributed by atoms with E-state index >= 15 is 0 Å². The summed E-state index contributed by atoms with van der Waals surface area (Å²) in [6.07, 6.45) is 2.91. The first-order chi connectivity index (χ1) is 10.4. The molecule has 0 saturated carbocycles. The topological polar surface area (TPSA) is 133 Å². The highest BCUT2D eigenvalue weighted by molar-refractivity contribution is 5.98. The van der Waals surface area contributed by atoms with Gasteiger partial charge in [-0.15, -0.1) is 0 Å². The Bertz CT molecular complexity index is 754. The molecule has 0 bridgehead atoms. The molecule has 1 aromatic carbocycles. The maximum absolute atomic E-state index is 11.9. The smallest absolute Gasteiger partial charge is 0.299 e. The van der Waals surface area contributed by atoms with Gasteiger partial charge in [-0.25, -0.2) is 0 Å². The maximum Gasteiger partial charge on any atom is 0.299 e. The maximum atomic E-state index is 11.9. The van der Waals surface area contributed by atoms with Gasteiger partial charge in [-0.3, -0.25) is 29.7 Å². The zero-order valence-electron chi connectivity index (χ0n) is 11.4. The van der Waals surface area contributed by atoms with Crippen LogP contribution in [0.1, 0.15) is 10.4 Å². The van der Waals surface area contributed by atoms with E-state index in [0.29, 0.717) is 5.56 Å². The van der Waals surface area contributed by atoms with Crippen LogP contribution in [-0.2, 0) is 7.05 Å². The Morgan fingerprint density at radius 1 is 1.32 bits per heavy atom. The summed E-state index contributed by atoms with van der Waals surface area (Å²) in [5, 5.41) is 28.1. The van der Waals surface area contributed by atoms with Crippen molar-refractivity contribution in [2.24, 2.45) is 7.05 Å². The van der Waals surface area contributed by atoms with Crippen LogP contribution in [0.5, 0.6) is 0 Å². The fourth-order valence-electron chi connectivity index (χ4n) is 1.78. The Kier molecular flexibility index (Phi) is 4.11. The fraction of sp³-hybridized carbons (Fsp3) is 0.167. The molecule has 114 valence electrons. The molecule has 0 radical (unpaired) electrons. The highest BCUT2D eigenvalue weighted by Crippen LogP contribution is 2.28. The lowest BCUT2D eigenvalue weighted by molar-refractivity contribution is -0.393. The largest absolute Gasteiger partial charge is 0.372 e. The van der Waals surface area contributed by atoms with Crippen molar-refractivity contribution in [1.29, 1.82) is 0 Å². The number of carbonyl (C=O) groups is 1. The number of non-ortho nitro benzene ring substituents is 1. The Balaban J connectivity index is 2.17. The molecule has 2 rings (SSSR count). The number of nitro benzene ring substituents is 2. The molecule has 0 aliphatic heterocycles. The lowest BCUT2D eigenvalue weighted by atomic mass is 10.2. The zero-order valence-corrected chi connectivity index (χ0v) is 11.4. The monoisotopic (exact) mass is 305 g/mol. The minimum atomic E-state index is -0.746. The van der Waals surface area contributed by atoms with Gasteiger partial charge in [-0.05, 0) is 6.07 Å². The number of benzene rings is 1. The SMILES string of the molecule is Cn1cc(C(=O)CNc2ccc([N+](=O)[O-])cc2[N+](=O)[O-])cn1. The second kappa shape index (κ2) is 5.99. The number of nitrogens with zero attached hydrogens (tertiary/aromatic N) is 4. The van der Waals surface area contributed by atoms with E-state index in [0.717, 1.165) is 12.1 Å². The third-order valence-electron chi connectivity index (χ3n) is 2.86. The number of aromatic nitrogens is 2. The van der Waals surface area contributed by atoms with Crippen LogP contribution in [0.25, 0.3) is 0 Å². The van der Waals surface area contributed by atoms with Crippen molar-refractivity contribution < 1.29 is 14.6 Å². The summed E-state index contributed by atoms with van der Waals surface area (Å²) in [4.78, 5) is 32.0. The Morgan fingerprint density at radius 2 is 2.05 bits per heavy atom. The van der Waals surface area contributed by atoms with Crippen molar-refractivity contribution in [3.05, 3.63) is 56.4 Å². The number of aryl methyl sites for hydroxylation is 1. The standard InChI is InChI=1S/C12H11N5O5/c1-15-7-8(5-14-15)12(18)6-13-10-3-2-9(16(19)20)4-11(10)17(21)22/h2-5,7,13H,6H2,1H3. The van der Waals surface area contributed by atoms with E-state index < -0.39 is 21.2 Å². The van der Waals surface area contributed by atoms with Gasteiger partial charge in [0.25, 0.3) is 11.4 Å². The van der Waals surface area contributed by atoms with Crippen LogP contribution in [0, 0.1) is 20.2 Å². The minimum absolute atomic E-state index is 0.0350. The number of ketones is 1. The van der Waals surface area contributed by atoms with Crippen LogP contribution in [0.3, 0.4) is 0 Å². The predicted molar refractivity (Wildman–Crippen MR) is 75.8 cm³/mol. The van der Waals surface area contributed by atoms with Crippen molar-refractivity contribution in [3.8, 4) is 0 Å². The number of hydrogen-bond donors (Lipinski definition) is 1. The van der Waals surface area contributed by atoms with Crippen molar-refractivity contribution >= 4 is 22.8 Å². The first kappa shape index (κ1) is 15.1. The number of nitrogens with one attached hydrogen (secondary N) is 1. The van der Waals surface area contributed by atoms with E-state index in [1.54, 1.807) is 7.05 Å². The summed E-state index contributed by atoms with van der Waals surface area (Å²) in [6.45, 7) is -0.190. The summed E-state index contributed by atoms with van der Waals surface area (Å²) >= 11 is 0. The minimum Gasteiger partial charge on any atom is -0.372 e. The Hall–Kier alpha value is -3.30. The molecule has 1 aromatic heterocycles. The van der Waals surface area contributed by atoms with Gasteiger partial charge < -0.3 is 5.32 Å². The fourth-order valence-corrected chi connectivity index (χ4v) is 1.78. The van der Waals surface area contributed by atoms with Gasteiger partial charge in [-0.1, -0.05) is 0 Å². The number of Topliss-reactive ketones (excluding diaryl/α,β-unsaturated/α-hetero) is 1. The Morgan fingerprint density at radius 3 is 2.59 bits per heavy atom. The average molecular weight is 305 g/mol. The number of anilines is 1. The highest BCUT2D eigenvalue weighted by Gasteiger charge is 2.20. The van der Waals surface area contributed by atoms with Gasteiger partial charge in [0.2, 0.25) is 0 Å². The van der Waals surface area contributed by atoms with Crippen LogP contribution in [-0.4, -0.2) is 32.0 Å². The van der Waals surface area contributed by atoms with Crippen LogP contribution in [0.4, 0.5) is 17.1 Å². The molecule has 0 amide bonds. The first-order valence-corrected chi connectivity index (χ1v) is 6.07. The van der Waals surface area contributed by atoms with Crippen LogP contribution < -0.4 is 5.32 Å². The molecular formula is C12H11N5O5. The number of hydrogen-bond acceptors (Lipinski definition) is 7. The quantitative estimate of drug-likeness (QED) is 0.486. The molecule has 10 heteroatoms. The van der Waals surface area contributed by atoms with Gasteiger partial charge in [0.1, 0.15) is 5.69 Å². The molecule has 1 heterocycles. The first-order valence-electron chi connectivity index (χ1n) is 6.07. The van der Waals surface area contributed by atoms with Gasteiger partial charge in [-0.2, -0.15) is 5.10 Å². The van der Waals surface area contributed by atoms with Gasteiger partial charge in [0.05, 0.1) is 34.2 Å². The summed E-state index contributed by atoms with van der Waals surface area (Å²) in [5.74, 6) is -0.305. The summed E-state index contributed by atoms with van der Waals surface area (Å²) in [5.41, 5.74) is -0.462. The van der Waals surface area contributed by atoms with E-state index in [9.17, 15) is 25.0 Å². The second-order valence-electron chi connectivity index (χ2n) is 4.40. The number of carbonyl (C=O) groups excluding carboxylic acids is 1. The molecule has 0 saturated heterocycles. The van der Waals surface area contributed by atoms with E-state index in [1.165, 1.54) is 23.1 Å². The van der Waals surface area contributed by atoms with Crippen molar-refractivity contribution in [2.75, 3.05) is 11.9 Å². The van der Waals surface area contributed by atoms with E-state index in [4.69, 9.17) is 0 Å². The summed E-state index contributed by atoms with van der Waals surface area (Å²) in [7, 11) is 1.66. The molecule has 0 aliphatic carbocycles. The van der Waals surface area contributed by atoms with Crippen molar-refractivity contribution in [1.82, 2.24) is 9.78 Å². The average Bonchev–Trinajstić information content (AvgIpc) is 2.91. The van der Waals surface area contributed by atoms with Crippen molar-refractivity contribution in [3.63, 3.8) is 0 Å². The van der Waals surface area contributed by atoms with Gasteiger partial charge >= 0.3 is 0 Å². The molecule has 0 spiro atoms. The van der Waals surface area contributed by atoms with Gasteiger partial charge in [0, 0.05) is 19.3 Å². The molecule has 0 aliphatic rings.